The van der Waals surface area contributed by atoms with Gasteiger partial charge in [-0.2, -0.15) is 0 Å². The summed E-state index contributed by atoms with van der Waals surface area (Å²) in [6.07, 6.45) is 3.59. The number of rotatable bonds is 4. The van der Waals surface area contributed by atoms with Crippen molar-refractivity contribution in [2.75, 3.05) is 24.3 Å². The molecule has 0 amide bonds. The van der Waals surface area contributed by atoms with Crippen LogP contribution in [0.2, 0.25) is 0 Å². The van der Waals surface area contributed by atoms with Crippen molar-refractivity contribution < 1.29 is 0 Å². The highest BCUT2D eigenvalue weighted by Gasteiger charge is 2.14. The van der Waals surface area contributed by atoms with Crippen LogP contribution in [0.15, 0.2) is 53.6 Å². The van der Waals surface area contributed by atoms with Crippen molar-refractivity contribution in [2.45, 2.75) is 6.92 Å². The molecule has 0 bridgehead atoms. The molecule has 0 aliphatic heterocycles. The van der Waals surface area contributed by atoms with E-state index in [1.165, 1.54) is 0 Å². The Kier molecular flexibility index (Phi) is 4.12. The van der Waals surface area contributed by atoms with Crippen LogP contribution in [0.4, 0.5) is 17.2 Å². The molecule has 3 N–H and O–H groups in total. The maximum absolute atomic E-state index is 12.7. The van der Waals surface area contributed by atoms with E-state index in [4.69, 9.17) is 0 Å². The fraction of sp³-hybridized carbons (Fsp3) is 0.150. The van der Waals surface area contributed by atoms with Crippen LogP contribution in [0.3, 0.4) is 0 Å². The second-order valence-corrected chi connectivity index (χ2v) is 6.56. The van der Waals surface area contributed by atoms with Crippen LogP contribution in [0, 0.1) is 6.92 Å². The molecule has 0 radical (unpaired) electrons. The number of anilines is 3. The Balaban J connectivity index is 1.86. The molecule has 136 valence electrons. The zero-order valence-electron chi connectivity index (χ0n) is 15.4. The number of fused-ring (bicyclic) bond motifs is 1. The SMILES string of the molecule is Cc1cccc(-c2cc(Nc3ccnc4[nH]ccc34)c(N(C)C)[nH]c2=O)n1. The van der Waals surface area contributed by atoms with Crippen molar-refractivity contribution in [3.8, 4) is 11.3 Å². The van der Waals surface area contributed by atoms with Gasteiger partial charge in [-0.1, -0.05) is 6.07 Å². The number of aryl methyl sites for hydroxylation is 1. The van der Waals surface area contributed by atoms with Gasteiger partial charge in [-0.3, -0.25) is 9.78 Å². The van der Waals surface area contributed by atoms with Crippen LogP contribution in [0.5, 0.6) is 0 Å². The summed E-state index contributed by atoms with van der Waals surface area (Å²) in [5, 5.41) is 4.41. The van der Waals surface area contributed by atoms with Gasteiger partial charge in [-0.25, -0.2) is 4.98 Å². The highest BCUT2D eigenvalue weighted by Crippen LogP contribution is 2.30. The number of pyridine rings is 3. The van der Waals surface area contributed by atoms with Crippen LogP contribution < -0.4 is 15.8 Å². The Morgan fingerprint density at radius 3 is 2.74 bits per heavy atom. The molecule has 0 aliphatic rings. The van der Waals surface area contributed by atoms with Gasteiger partial charge in [0.05, 0.1) is 22.6 Å². The lowest BCUT2D eigenvalue weighted by Gasteiger charge is -2.19. The van der Waals surface area contributed by atoms with Gasteiger partial charge in [0.15, 0.2) is 0 Å². The van der Waals surface area contributed by atoms with Crippen LogP contribution in [0.25, 0.3) is 22.3 Å². The first-order chi connectivity index (χ1) is 13.0. The second-order valence-electron chi connectivity index (χ2n) is 6.56. The topological polar surface area (TPSA) is 89.7 Å². The van der Waals surface area contributed by atoms with Crippen molar-refractivity contribution >= 4 is 28.2 Å². The van der Waals surface area contributed by atoms with E-state index >= 15 is 0 Å². The third-order valence-corrected chi connectivity index (χ3v) is 4.36. The Morgan fingerprint density at radius 1 is 1.11 bits per heavy atom. The average molecular weight is 360 g/mol. The van der Waals surface area contributed by atoms with Crippen molar-refractivity contribution in [2.24, 2.45) is 0 Å². The Morgan fingerprint density at radius 2 is 1.96 bits per heavy atom. The molecule has 4 heterocycles. The molecule has 0 aliphatic carbocycles. The van der Waals surface area contributed by atoms with E-state index in [-0.39, 0.29) is 5.56 Å². The quantitative estimate of drug-likeness (QED) is 0.519. The molecule has 0 spiro atoms. The Hall–Kier alpha value is -3.61. The summed E-state index contributed by atoms with van der Waals surface area (Å²) >= 11 is 0. The van der Waals surface area contributed by atoms with Gasteiger partial charge < -0.3 is 20.2 Å². The molecule has 0 unspecified atom stereocenters. The number of aromatic nitrogens is 4. The Bertz CT molecular complexity index is 1170. The van der Waals surface area contributed by atoms with E-state index in [0.717, 1.165) is 28.1 Å². The molecule has 4 aromatic rings. The van der Waals surface area contributed by atoms with Gasteiger partial charge in [0.2, 0.25) is 0 Å². The predicted molar refractivity (Wildman–Crippen MR) is 109 cm³/mol. The average Bonchev–Trinajstić information content (AvgIpc) is 3.12. The maximum Gasteiger partial charge on any atom is 0.259 e. The largest absolute Gasteiger partial charge is 0.362 e. The summed E-state index contributed by atoms with van der Waals surface area (Å²) in [6.45, 7) is 1.91. The van der Waals surface area contributed by atoms with Gasteiger partial charge >= 0.3 is 0 Å². The molecule has 0 saturated carbocycles. The summed E-state index contributed by atoms with van der Waals surface area (Å²) in [6, 6.07) is 11.4. The minimum atomic E-state index is -0.177. The maximum atomic E-state index is 12.7. The first kappa shape index (κ1) is 16.8. The molecule has 4 rings (SSSR count). The fourth-order valence-corrected chi connectivity index (χ4v) is 3.07. The molecule has 27 heavy (non-hydrogen) atoms. The normalized spacial score (nSPS) is 10.9. The first-order valence-corrected chi connectivity index (χ1v) is 8.61. The van der Waals surface area contributed by atoms with Crippen molar-refractivity contribution in [1.82, 2.24) is 19.9 Å². The standard InChI is InChI=1S/C20H20N6O/c1-12-5-4-6-15(23-12)14-11-17(19(26(2)3)25-20(14)27)24-16-8-10-22-18-13(16)7-9-21-18/h4-11H,1-3H3,(H,25,27)(H2,21,22,24). The van der Waals surface area contributed by atoms with Crippen molar-refractivity contribution in [3.05, 3.63) is 64.8 Å². The van der Waals surface area contributed by atoms with Gasteiger partial charge in [-0.05, 0) is 37.3 Å². The summed E-state index contributed by atoms with van der Waals surface area (Å²) in [4.78, 5) is 29.4. The molecule has 7 nitrogen and oxygen atoms in total. The van der Waals surface area contributed by atoms with E-state index in [0.29, 0.717) is 17.1 Å². The third-order valence-electron chi connectivity index (χ3n) is 4.36. The summed E-state index contributed by atoms with van der Waals surface area (Å²) in [5.74, 6) is 0.692. The predicted octanol–water partition coefficient (Wildman–Crippen LogP) is 3.43. The van der Waals surface area contributed by atoms with Gasteiger partial charge in [0, 0.05) is 37.6 Å². The van der Waals surface area contributed by atoms with E-state index in [9.17, 15) is 4.79 Å². The van der Waals surface area contributed by atoms with Crippen LogP contribution in [-0.4, -0.2) is 34.0 Å². The van der Waals surface area contributed by atoms with Crippen LogP contribution in [-0.2, 0) is 0 Å². The number of nitrogens with zero attached hydrogens (tertiary/aromatic N) is 3. The smallest absolute Gasteiger partial charge is 0.259 e. The summed E-state index contributed by atoms with van der Waals surface area (Å²) in [7, 11) is 3.78. The number of H-pyrrole nitrogens is 2. The number of hydrogen-bond acceptors (Lipinski definition) is 5. The van der Waals surface area contributed by atoms with E-state index < -0.39 is 0 Å². The number of nitrogens with one attached hydrogen (secondary N) is 3. The van der Waals surface area contributed by atoms with Gasteiger partial charge in [0.25, 0.3) is 5.56 Å². The molecule has 0 atom stereocenters. The molecule has 7 heteroatoms. The first-order valence-electron chi connectivity index (χ1n) is 8.61. The van der Waals surface area contributed by atoms with Crippen LogP contribution >= 0.6 is 0 Å². The van der Waals surface area contributed by atoms with Crippen molar-refractivity contribution in [3.63, 3.8) is 0 Å². The van der Waals surface area contributed by atoms with Crippen molar-refractivity contribution in [1.29, 1.82) is 0 Å². The fourth-order valence-electron chi connectivity index (χ4n) is 3.07. The third kappa shape index (κ3) is 3.15. The second kappa shape index (κ2) is 6.60. The molecule has 4 aromatic heterocycles. The van der Waals surface area contributed by atoms with Crippen LogP contribution in [0.1, 0.15) is 5.69 Å². The summed E-state index contributed by atoms with van der Waals surface area (Å²) in [5.41, 5.74) is 4.34. The number of aromatic amines is 2. The lowest BCUT2D eigenvalue weighted by molar-refractivity contribution is 1.05. The van der Waals surface area contributed by atoms with Gasteiger partial charge in [-0.15, -0.1) is 0 Å². The lowest BCUT2D eigenvalue weighted by atomic mass is 10.1. The summed E-state index contributed by atoms with van der Waals surface area (Å²) < 4.78 is 0. The monoisotopic (exact) mass is 360 g/mol. The lowest BCUT2D eigenvalue weighted by Crippen LogP contribution is -2.20. The molecular formula is C20H20N6O. The molecule has 0 fully saturated rings. The van der Waals surface area contributed by atoms with E-state index in [2.05, 4.69) is 25.3 Å². The molecule has 0 aromatic carbocycles. The minimum absolute atomic E-state index is 0.177. The highest BCUT2D eigenvalue weighted by molar-refractivity contribution is 5.92. The number of hydrogen-bond donors (Lipinski definition) is 3. The zero-order chi connectivity index (χ0) is 19.0. The molecular weight excluding hydrogens is 340 g/mol. The highest BCUT2D eigenvalue weighted by atomic mass is 16.1. The van der Waals surface area contributed by atoms with E-state index in [1.54, 1.807) is 6.20 Å². The minimum Gasteiger partial charge on any atom is -0.362 e. The molecule has 0 saturated heterocycles. The zero-order valence-corrected chi connectivity index (χ0v) is 15.4. The van der Waals surface area contributed by atoms with Gasteiger partial charge in [0.1, 0.15) is 11.5 Å². The van der Waals surface area contributed by atoms with E-state index in [1.807, 2.05) is 68.5 Å². The Labute approximate surface area is 156 Å².